The van der Waals surface area contributed by atoms with Crippen molar-refractivity contribution >= 4 is 23.6 Å². The maximum atomic E-state index is 12.4. The zero-order valence-electron chi connectivity index (χ0n) is 16.3. The van der Waals surface area contributed by atoms with E-state index in [0.29, 0.717) is 23.7 Å². The minimum atomic E-state index is -0.454. The molecule has 2 amide bonds. The standard InChI is InChI=1S/C21H23N5O2S/c1-3-26-18(14-16-10-6-4-7-11-16)22-25-21(26)29-15(2)19(27)23-24-20(28)17-12-8-5-9-13-17/h4-13,15H,3,14H2,1-2H3,(H,23,27)(H,24,28)/t15-/m1/s1. The van der Waals surface area contributed by atoms with Gasteiger partial charge in [-0.3, -0.25) is 20.4 Å². The first-order valence-corrected chi connectivity index (χ1v) is 10.2. The van der Waals surface area contributed by atoms with Gasteiger partial charge in [-0.25, -0.2) is 0 Å². The van der Waals surface area contributed by atoms with Crippen LogP contribution in [0.2, 0.25) is 0 Å². The Balaban J connectivity index is 1.59. The van der Waals surface area contributed by atoms with Crippen LogP contribution in [0.25, 0.3) is 0 Å². The summed E-state index contributed by atoms with van der Waals surface area (Å²) in [6, 6.07) is 18.8. The quantitative estimate of drug-likeness (QED) is 0.463. The number of aromatic nitrogens is 3. The molecule has 0 aliphatic heterocycles. The van der Waals surface area contributed by atoms with E-state index in [0.717, 1.165) is 11.4 Å². The molecule has 0 saturated carbocycles. The van der Waals surface area contributed by atoms with Gasteiger partial charge in [-0.15, -0.1) is 10.2 Å². The fourth-order valence-corrected chi connectivity index (χ4v) is 3.66. The number of carbonyl (C=O) groups is 2. The van der Waals surface area contributed by atoms with Crippen LogP contribution in [0.1, 0.15) is 35.6 Å². The van der Waals surface area contributed by atoms with E-state index in [4.69, 9.17) is 0 Å². The van der Waals surface area contributed by atoms with Gasteiger partial charge in [0.15, 0.2) is 5.16 Å². The summed E-state index contributed by atoms with van der Waals surface area (Å²) in [7, 11) is 0. The molecule has 0 saturated heterocycles. The zero-order chi connectivity index (χ0) is 20.6. The third-order valence-corrected chi connectivity index (χ3v) is 5.38. The van der Waals surface area contributed by atoms with Gasteiger partial charge in [0.2, 0.25) is 0 Å². The number of hydrogen-bond acceptors (Lipinski definition) is 5. The first kappa shape index (κ1) is 20.6. The monoisotopic (exact) mass is 409 g/mol. The van der Waals surface area contributed by atoms with Gasteiger partial charge < -0.3 is 4.57 Å². The summed E-state index contributed by atoms with van der Waals surface area (Å²) in [5.74, 6) is 0.179. The normalized spacial score (nSPS) is 11.7. The molecule has 3 aromatic rings. The van der Waals surface area contributed by atoms with Gasteiger partial charge in [0.25, 0.3) is 11.8 Å². The summed E-state index contributed by atoms with van der Waals surface area (Å²) in [4.78, 5) is 24.4. The SMILES string of the molecule is CCn1c(Cc2ccccc2)nnc1S[C@H](C)C(=O)NNC(=O)c1ccccc1. The molecule has 3 rings (SSSR count). The van der Waals surface area contributed by atoms with Crippen molar-refractivity contribution in [1.29, 1.82) is 0 Å². The van der Waals surface area contributed by atoms with E-state index in [1.165, 1.54) is 11.8 Å². The Bertz CT molecular complexity index is 960. The van der Waals surface area contributed by atoms with E-state index in [9.17, 15) is 9.59 Å². The van der Waals surface area contributed by atoms with Crippen LogP contribution in [0.15, 0.2) is 65.8 Å². The number of carbonyl (C=O) groups excluding carboxylic acids is 2. The van der Waals surface area contributed by atoms with E-state index in [2.05, 4.69) is 21.0 Å². The fraction of sp³-hybridized carbons (Fsp3) is 0.238. The van der Waals surface area contributed by atoms with Crippen LogP contribution in [-0.4, -0.2) is 31.8 Å². The lowest BCUT2D eigenvalue weighted by Crippen LogP contribution is -2.44. The minimum absolute atomic E-state index is 0.311. The molecule has 0 radical (unpaired) electrons. The molecule has 0 fully saturated rings. The molecule has 1 atom stereocenters. The van der Waals surface area contributed by atoms with Crippen LogP contribution >= 0.6 is 11.8 Å². The van der Waals surface area contributed by atoms with Crippen LogP contribution in [0.3, 0.4) is 0 Å². The van der Waals surface area contributed by atoms with E-state index < -0.39 is 5.25 Å². The molecule has 1 aromatic heterocycles. The van der Waals surface area contributed by atoms with Gasteiger partial charge in [-0.1, -0.05) is 60.3 Å². The predicted molar refractivity (Wildman–Crippen MR) is 112 cm³/mol. The number of nitrogens with zero attached hydrogens (tertiary/aromatic N) is 3. The Kier molecular flexibility index (Phi) is 7.02. The molecular formula is C21H23N5O2S. The second-order valence-corrected chi connectivity index (χ2v) is 7.68. The minimum Gasteiger partial charge on any atom is -0.306 e. The largest absolute Gasteiger partial charge is 0.306 e. The lowest BCUT2D eigenvalue weighted by atomic mass is 10.1. The van der Waals surface area contributed by atoms with Crippen LogP contribution < -0.4 is 10.9 Å². The van der Waals surface area contributed by atoms with Gasteiger partial charge in [-0.2, -0.15) is 0 Å². The molecule has 2 aromatic carbocycles. The summed E-state index contributed by atoms with van der Waals surface area (Å²) in [5.41, 5.74) is 6.54. The maximum Gasteiger partial charge on any atom is 0.269 e. The second-order valence-electron chi connectivity index (χ2n) is 6.37. The summed E-state index contributed by atoms with van der Waals surface area (Å²) >= 11 is 1.31. The average Bonchev–Trinajstić information content (AvgIpc) is 3.13. The van der Waals surface area contributed by atoms with Gasteiger partial charge in [0.1, 0.15) is 5.82 Å². The average molecular weight is 410 g/mol. The molecule has 0 unspecified atom stereocenters. The van der Waals surface area contributed by atoms with E-state index in [1.807, 2.05) is 47.9 Å². The molecular weight excluding hydrogens is 386 g/mol. The molecule has 0 bridgehead atoms. The molecule has 150 valence electrons. The highest BCUT2D eigenvalue weighted by Gasteiger charge is 2.20. The first-order chi connectivity index (χ1) is 14.1. The highest BCUT2D eigenvalue weighted by molar-refractivity contribution is 8.00. The van der Waals surface area contributed by atoms with Crippen molar-refractivity contribution in [3.05, 3.63) is 77.6 Å². The van der Waals surface area contributed by atoms with E-state index in [-0.39, 0.29) is 11.8 Å². The Morgan fingerprint density at radius 1 is 1.00 bits per heavy atom. The van der Waals surface area contributed by atoms with Gasteiger partial charge in [0.05, 0.1) is 5.25 Å². The van der Waals surface area contributed by atoms with Crippen molar-refractivity contribution < 1.29 is 9.59 Å². The molecule has 7 nitrogen and oxygen atoms in total. The summed E-state index contributed by atoms with van der Waals surface area (Å²) in [5, 5.41) is 8.78. The maximum absolute atomic E-state index is 12.4. The van der Waals surface area contributed by atoms with E-state index in [1.54, 1.807) is 31.2 Å². The Morgan fingerprint density at radius 2 is 1.66 bits per heavy atom. The summed E-state index contributed by atoms with van der Waals surface area (Å²) in [6.45, 7) is 4.49. The lowest BCUT2D eigenvalue weighted by Gasteiger charge is -2.13. The molecule has 8 heteroatoms. The molecule has 29 heavy (non-hydrogen) atoms. The number of amides is 2. The molecule has 1 heterocycles. The topological polar surface area (TPSA) is 88.9 Å². The van der Waals surface area contributed by atoms with Crippen LogP contribution in [0, 0.1) is 0 Å². The van der Waals surface area contributed by atoms with Crippen molar-refractivity contribution in [2.75, 3.05) is 0 Å². The Morgan fingerprint density at radius 3 is 2.31 bits per heavy atom. The Labute approximate surface area is 173 Å². The van der Waals surface area contributed by atoms with Crippen molar-refractivity contribution in [3.63, 3.8) is 0 Å². The molecule has 0 aliphatic rings. The second kappa shape index (κ2) is 9.88. The Hall–Kier alpha value is -3.13. The van der Waals surface area contributed by atoms with Crippen LogP contribution in [-0.2, 0) is 17.8 Å². The molecule has 0 spiro atoms. The van der Waals surface area contributed by atoms with Gasteiger partial charge >= 0.3 is 0 Å². The van der Waals surface area contributed by atoms with Crippen LogP contribution in [0.5, 0.6) is 0 Å². The number of rotatable bonds is 7. The number of benzene rings is 2. The third-order valence-electron chi connectivity index (χ3n) is 4.30. The predicted octanol–water partition coefficient (Wildman–Crippen LogP) is 2.83. The van der Waals surface area contributed by atoms with Crippen molar-refractivity contribution in [2.45, 2.75) is 37.2 Å². The van der Waals surface area contributed by atoms with Crippen molar-refractivity contribution in [1.82, 2.24) is 25.6 Å². The summed E-state index contributed by atoms with van der Waals surface area (Å²) < 4.78 is 2.00. The highest BCUT2D eigenvalue weighted by atomic mass is 32.2. The number of nitrogens with one attached hydrogen (secondary N) is 2. The number of hydrazine groups is 1. The summed E-state index contributed by atoms with van der Waals surface area (Å²) in [6.07, 6.45) is 0.677. The van der Waals surface area contributed by atoms with Gasteiger partial charge in [0, 0.05) is 18.5 Å². The van der Waals surface area contributed by atoms with Gasteiger partial charge in [-0.05, 0) is 31.5 Å². The van der Waals surface area contributed by atoms with Crippen molar-refractivity contribution in [3.8, 4) is 0 Å². The molecule has 2 N–H and O–H groups in total. The zero-order valence-corrected chi connectivity index (χ0v) is 17.1. The highest BCUT2D eigenvalue weighted by Crippen LogP contribution is 2.23. The lowest BCUT2D eigenvalue weighted by molar-refractivity contribution is -0.121. The van der Waals surface area contributed by atoms with E-state index >= 15 is 0 Å². The fourth-order valence-electron chi connectivity index (χ4n) is 2.73. The third kappa shape index (κ3) is 5.45. The number of hydrogen-bond donors (Lipinski definition) is 2. The number of thioether (sulfide) groups is 1. The first-order valence-electron chi connectivity index (χ1n) is 9.36. The van der Waals surface area contributed by atoms with Crippen LogP contribution in [0.4, 0.5) is 0 Å². The molecule has 0 aliphatic carbocycles. The van der Waals surface area contributed by atoms with Crippen molar-refractivity contribution in [2.24, 2.45) is 0 Å². The smallest absolute Gasteiger partial charge is 0.269 e.